The van der Waals surface area contributed by atoms with Gasteiger partial charge in [0.15, 0.2) is 0 Å². The predicted octanol–water partition coefficient (Wildman–Crippen LogP) is 2.82. The third kappa shape index (κ3) is 2.96. The number of aromatic nitrogens is 1. The number of carbonyl (C=O) groups is 1. The van der Waals surface area contributed by atoms with Crippen molar-refractivity contribution >= 4 is 11.6 Å². The summed E-state index contributed by atoms with van der Waals surface area (Å²) in [5.74, 6) is 0.735. The molecule has 0 radical (unpaired) electrons. The molecular formula is C18H23N3O2. The first-order chi connectivity index (χ1) is 11.1. The number of aryl methyl sites for hydroxylation is 3. The molecule has 0 spiro atoms. The van der Waals surface area contributed by atoms with Gasteiger partial charge >= 0.3 is 0 Å². The second kappa shape index (κ2) is 6.44. The van der Waals surface area contributed by atoms with Gasteiger partial charge in [-0.3, -0.25) is 4.79 Å². The van der Waals surface area contributed by atoms with Gasteiger partial charge in [0.1, 0.15) is 11.3 Å². The second-order valence-corrected chi connectivity index (χ2v) is 5.99. The first-order valence-electron chi connectivity index (χ1n) is 8.16. The zero-order chi connectivity index (χ0) is 16.4. The van der Waals surface area contributed by atoms with Gasteiger partial charge in [0, 0.05) is 38.3 Å². The van der Waals surface area contributed by atoms with Crippen LogP contribution in [0.5, 0.6) is 0 Å². The van der Waals surface area contributed by atoms with Crippen LogP contribution in [0.3, 0.4) is 0 Å². The smallest absolute Gasteiger partial charge is 0.259 e. The predicted molar refractivity (Wildman–Crippen MR) is 89.9 cm³/mol. The Hall–Kier alpha value is -2.30. The standard InChI is InChI=1S/C18H23N3O2/c1-4-16-17(14(3)19-23-16)18(22)21-11-9-20(10-12-21)15-8-6-5-7-13(15)2/h5-8H,4,9-12H2,1-3H3. The molecule has 122 valence electrons. The van der Waals surface area contributed by atoms with E-state index in [1.807, 2.05) is 18.7 Å². The molecule has 1 fully saturated rings. The van der Waals surface area contributed by atoms with Gasteiger partial charge in [-0.05, 0) is 25.5 Å². The Balaban J connectivity index is 1.70. The van der Waals surface area contributed by atoms with Crippen molar-refractivity contribution in [3.8, 4) is 0 Å². The van der Waals surface area contributed by atoms with Gasteiger partial charge in [-0.2, -0.15) is 0 Å². The van der Waals surface area contributed by atoms with E-state index in [0.29, 0.717) is 23.4 Å². The molecule has 5 heteroatoms. The molecule has 1 aromatic carbocycles. The van der Waals surface area contributed by atoms with Crippen LogP contribution in [0.1, 0.15) is 34.3 Å². The zero-order valence-electron chi connectivity index (χ0n) is 14.0. The SMILES string of the molecule is CCc1onc(C)c1C(=O)N1CCN(c2ccccc2C)CC1. The van der Waals surface area contributed by atoms with Crippen LogP contribution in [0.25, 0.3) is 0 Å². The molecule has 1 amide bonds. The number of para-hydroxylation sites is 1. The van der Waals surface area contributed by atoms with Crippen LogP contribution in [0.15, 0.2) is 28.8 Å². The lowest BCUT2D eigenvalue weighted by Gasteiger charge is -2.36. The molecule has 2 aromatic rings. The van der Waals surface area contributed by atoms with E-state index in [9.17, 15) is 4.79 Å². The van der Waals surface area contributed by atoms with E-state index >= 15 is 0 Å². The Kier molecular flexibility index (Phi) is 4.37. The average molecular weight is 313 g/mol. The summed E-state index contributed by atoms with van der Waals surface area (Å²) in [6.07, 6.45) is 0.686. The van der Waals surface area contributed by atoms with E-state index in [1.165, 1.54) is 11.3 Å². The highest BCUT2D eigenvalue weighted by Gasteiger charge is 2.27. The lowest BCUT2D eigenvalue weighted by molar-refractivity contribution is 0.0744. The highest BCUT2D eigenvalue weighted by molar-refractivity contribution is 5.96. The molecule has 1 aliphatic heterocycles. The molecule has 1 aromatic heterocycles. The highest BCUT2D eigenvalue weighted by atomic mass is 16.5. The topological polar surface area (TPSA) is 49.6 Å². The lowest BCUT2D eigenvalue weighted by atomic mass is 10.1. The van der Waals surface area contributed by atoms with Crippen LogP contribution in [0.2, 0.25) is 0 Å². The molecule has 0 atom stereocenters. The first kappa shape index (κ1) is 15.6. The van der Waals surface area contributed by atoms with E-state index in [-0.39, 0.29) is 5.91 Å². The second-order valence-electron chi connectivity index (χ2n) is 5.99. The number of nitrogens with zero attached hydrogens (tertiary/aromatic N) is 3. The van der Waals surface area contributed by atoms with Gasteiger partial charge < -0.3 is 14.3 Å². The molecular weight excluding hydrogens is 290 g/mol. The summed E-state index contributed by atoms with van der Waals surface area (Å²) >= 11 is 0. The maximum atomic E-state index is 12.8. The van der Waals surface area contributed by atoms with Gasteiger partial charge in [0.25, 0.3) is 5.91 Å². The van der Waals surface area contributed by atoms with Gasteiger partial charge in [0.05, 0.1) is 5.69 Å². The third-order valence-electron chi connectivity index (χ3n) is 4.49. The maximum absolute atomic E-state index is 12.8. The fourth-order valence-corrected chi connectivity index (χ4v) is 3.16. The van der Waals surface area contributed by atoms with Gasteiger partial charge in [-0.15, -0.1) is 0 Å². The molecule has 0 unspecified atom stereocenters. The Bertz CT molecular complexity index is 700. The van der Waals surface area contributed by atoms with E-state index in [1.54, 1.807) is 0 Å². The Morgan fingerprint density at radius 1 is 1.17 bits per heavy atom. The van der Waals surface area contributed by atoms with Crippen LogP contribution in [-0.2, 0) is 6.42 Å². The zero-order valence-corrected chi connectivity index (χ0v) is 14.0. The van der Waals surface area contributed by atoms with Crippen LogP contribution in [0.4, 0.5) is 5.69 Å². The Labute approximate surface area is 136 Å². The minimum Gasteiger partial charge on any atom is -0.368 e. The number of hydrogen-bond acceptors (Lipinski definition) is 4. The molecule has 1 aliphatic rings. The normalized spacial score (nSPS) is 15.1. The number of amides is 1. The summed E-state index contributed by atoms with van der Waals surface area (Å²) in [4.78, 5) is 17.0. The van der Waals surface area contributed by atoms with Crippen molar-refractivity contribution in [1.82, 2.24) is 10.1 Å². The molecule has 1 saturated heterocycles. The summed E-state index contributed by atoms with van der Waals surface area (Å²) in [5, 5.41) is 3.94. The number of piperazine rings is 1. The fraction of sp³-hybridized carbons (Fsp3) is 0.444. The Morgan fingerprint density at radius 2 is 1.87 bits per heavy atom. The summed E-state index contributed by atoms with van der Waals surface area (Å²) in [7, 11) is 0. The van der Waals surface area contributed by atoms with Crippen LogP contribution < -0.4 is 4.90 Å². The minimum atomic E-state index is 0.0463. The average Bonchev–Trinajstić information content (AvgIpc) is 2.95. The third-order valence-corrected chi connectivity index (χ3v) is 4.49. The number of rotatable bonds is 3. The quantitative estimate of drug-likeness (QED) is 0.874. The summed E-state index contributed by atoms with van der Waals surface area (Å²) < 4.78 is 5.25. The fourth-order valence-electron chi connectivity index (χ4n) is 3.16. The van der Waals surface area contributed by atoms with E-state index in [0.717, 1.165) is 26.2 Å². The maximum Gasteiger partial charge on any atom is 0.259 e. The van der Waals surface area contributed by atoms with Crippen LogP contribution in [-0.4, -0.2) is 42.1 Å². The van der Waals surface area contributed by atoms with Crippen LogP contribution in [0, 0.1) is 13.8 Å². The minimum absolute atomic E-state index is 0.0463. The van der Waals surface area contributed by atoms with Crippen molar-refractivity contribution in [2.45, 2.75) is 27.2 Å². The molecule has 0 bridgehead atoms. The summed E-state index contributed by atoms with van der Waals surface area (Å²) in [6, 6.07) is 8.39. The van der Waals surface area contributed by atoms with Crippen molar-refractivity contribution in [2.24, 2.45) is 0 Å². The Morgan fingerprint density at radius 3 is 2.52 bits per heavy atom. The van der Waals surface area contributed by atoms with Crippen molar-refractivity contribution in [3.05, 3.63) is 46.8 Å². The molecule has 5 nitrogen and oxygen atoms in total. The molecule has 3 rings (SSSR count). The molecule has 2 heterocycles. The molecule has 23 heavy (non-hydrogen) atoms. The number of carbonyl (C=O) groups excluding carboxylic acids is 1. The van der Waals surface area contributed by atoms with Crippen molar-refractivity contribution < 1.29 is 9.32 Å². The summed E-state index contributed by atoms with van der Waals surface area (Å²) in [6.45, 7) is 9.08. The van der Waals surface area contributed by atoms with E-state index in [4.69, 9.17) is 4.52 Å². The lowest BCUT2D eigenvalue weighted by Crippen LogP contribution is -2.49. The number of anilines is 1. The van der Waals surface area contributed by atoms with Crippen molar-refractivity contribution in [1.29, 1.82) is 0 Å². The monoisotopic (exact) mass is 313 g/mol. The number of benzene rings is 1. The molecule has 0 N–H and O–H groups in total. The van der Waals surface area contributed by atoms with Crippen molar-refractivity contribution in [2.75, 3.05) is 31.1 Å². The van der Waals surface area contributed by atoms with Gasteiger partial charge in [-0.1, -0.05) is 30.3 Å². The first-order valence-corrected chi connectivity index (χ1v) is 8.16. The molecule has 0 aliphatic carbocycles. The van der Waals surface area contributed by atoms with Crippen molar-refractivity contribution in [3.63, 3.8) is 0 Å². The highest BCUT2D eigenvalue weighted by Crippen LogP contribution is 2.22. The van der Waals surface area contributed by atoms with Gasteiger partial charge in [-0.25, -0.2) is 0 Å². The largest absolute Gasteiger partial charge is 0.368 e. The van der Waals surface area contributed by atoms with E-state index < -0.39 is 0 Å². The van der Waals surface area contributed by atoms with Gasteiger partial charge in [0.2, 0.25) is 0 Å². The molecule has 0 saturated carbocycles. The number of hydrogen-bond donors (Lipinski definition) is 0. The van der Waals surface area contributed by atoms with Crippen LogP contribution >= 0.6 is 0 Å². The van der Waals surface area contributed by atoms with E-state index in [2.05, 4.69) is 41.2 Å². The summed E-state index contributed by atoms with van der Waals surface area (Å²) in [5.41, 5.74) is 3.87.